The van der Waals surface area contributed by atoms with Crippen LogP contribution in [0.15, 0.2) is 24.4 Å². The molecule has 1 aromatic heterocycles. The van der Waals surface area contributed by atoms with Crippen molar-refractivity contribution in [2.45, 2.75) is 83.7 Å². The van der Waals surface area contributed by atoms with Crippen molar-refractivity contribution >= 4 is 35.1 Å². The van der Waals surface area contributed by atoms with Crippen molar-refractivity contribution in [1.29, 1.82) is 0 Å². The molecule has 1 aromatic carbocycles. The molecule has 11 nitrogen and oxygen atoms in total. The van der Waals surface area contributed by atoms with Crippen LogP contribution in [0.1, 0.15) is 64.5 Å². The van der Waals surface area contributed by atoms with Crippen LogP contribution in [0.4, 0.5) is 41.1 Å². The molecule has 3 aliphatic rings. The molecular formula is C32H44F3N7O4. The van der Waals surface area contributed by atoms with Crippen LogP contribution in [0.2, 0.25) is 0 Å². The summed E-state index contributed by atoms with van der Waals surface area (Å²) < 4.78 is 52.4. The van der Waals surface area contributed by atoms with Crippen molar-refractivity contribution in [3.63, 3.8) is 0 Å². The van der Waals surface area contributed by atoms with Gasteiger partial charge >= 0.3 is 12.3 Å². The molecule has 14 heteroatoms. The minimum Gasteiger partial charge on any atom is -0.444 e. The van der Waals surface area contributed by atoms with Gasteiger partial charge in [0.25, 0.3) is 0 Å². The number of ether oxygens (including phenoxy) is 2. The highest BCUT2D eigenvalue weighted by molar-refractivity contribution is 5.76. The Hall–Kier alpha value is -3.81. The summed E-state index contributed by atoms with van der Waals surface area (Å²) in [6, 6.07) is 6.08. The molecule has 0 saturated carbocycles. The fourth-order valence-corrected chi connectivity index (χ4v) is 6.25. The number of aryl methyl sites for hydroxylation is 1. The maximum atomic E-state index is 13.8. The largest absolute Gasteiger partial charge is 0.444 e. The number of piperazine rings is 1. The van der Waals surface area contributed by atoms with E-state index < -0.39 is 17.3 Å². The van der Waals surface area contributed by atoms with Crippen molar-refractivity contribution in [3.05, 3.63) is 35.5 Å². The Morgan fingerprint density at radius 1 is 1.13 bits per heavy atom. The minimum atomic E-state index is -4.64. The van der Waals surface area contributed by atoms with E-state index in [2.05, 4.69) is 31.6 Å². The summed E-state index contributed by atoms with van der Waals surface area (Å²) in [5.74, 6) is -0.291. The third kappa shape index (κ3) is 8.12. The molecular weight excluding hydrogens is 603 g/mol. The topological polar surface area (TPSA) is 112 Å². The highest BCUT2D eigenvalue weighted by Crippen LogP contribution is 2.37. The lowest BCUT2D eigenvalue weighted by atomic mass is 10.1. The Labute approximate surface area is 267 Å². The summed E-state index contributed by atoms with van der Waals surface area (Å²) in [7, 11) is 0. The Morgan fingerprint density at radius 3 is 2.54 bits per heavy atom. The molecule has 3 fully saturated rings. The second-order valence-electron chi connectivity index (χ2n) is 13.0. The number of amides is 2. The highest BCUT2D eigenvalue weighted by atomic mass is 19.4. The standard InChI is InChI=1S/C32H44F3N7O4/c1-5-21-17-22(41-19-23-7-8-24(20-41)42(23)30(44)46-31(2,3)4)9-10-26(21)38-29-37-18-25(32(33,34)35)28(39-29)36-12-6-13-40-14-16-45-15-11-27(40)43/h9-10,17-18,23-24H,5-8,11-16,19-20H2,1-4H3,(H2,36,37,38,39). The van der Waals surface area contributed by atoms with Crippen LogP contribution < -0.4 is 15.5 Å². The van der Waals surface area contributed by atoms with E-state index in [9.17, 15) is 22.8 Å². The molecule has 2 aromatic rings. The number of carbonyl (C=O) groups is 2. The lowest BCUT2D eigenvalue weighted by molar-refractivity contribution is -0.137. The number of fused-ring (bicyclic) bond motifs is 2. The minimum absolute atomic E-state index is 0.0184. The van der Waals surface area contributed by atoms with Crippen LogP contribution >= 0.6 is 0 Å². The van der Waals surface area contributed by atoms with Gasteiger partial charge in [0.1, 0.15) is 17.0 Å². The third-order valence-corrected chi connectivity index (χ3v) is 8.48. The molecule has 3 aliphatic heterocycles. The summed E-state index contributed by atoms with van der Waals surface area (Å²) in [6.45, 7) is 10.9. The normalized spacial score (nSPS) is 20.5. The Kier molecular flexibility index (Phi) is 10.1. The van der Waals surface area contributed by atoms with Gasteiger partial charge < -0.3 is 29.9 Å². The molecule has 5 rings (SSSR count). The van der Waals surface area contributed by atoms with Gasteiger partial charge in [0.05, 0.1) is 31.7 Å². The summed E-state index contributed by atoms with van der Waals surface area (Å²) in [6.07, 6.45) is -0.838. The average Bonchev–Trinajstić information content (AvgIpc) is 3.11. The second kappa shape index (κ2) is 13.9. The highest BCUT2D eigenvalue weighted by Gasteiger charge is 2.44. The van der Waals surface area contributed by atoms with E-state index in [0.29, 0.717) is 64.3 Å². The second-order valence-corrected chi connectivity index (χ2v) is 13.0. The number of nitrogens with one attached hydrogen (secondary N) is 2. The summed E-state index contributed by atoms with van der Waals surface area (Å²) in [5, 5.41) is 5.93. The molecule has 46 heavy (non-hydrogen) atoms. The lowest BCUT2D eigenvalue weighted by Crippen LogP contribution is -2.56. The number of benzene rings is 1. The van der Waals surface area contributed by atoms with Gasteiger partial charge in [-0.25, -0.2) is 9.78 Å². The lowest BCUT2D eigenvalue weighted by Gasteiger charge is -2.42. The monoisotopic (exact) mass is 647 g/mol. The van der Waals surface area contributed by atoms with Crippen molar-refractivity contribution in [2.75, 3.05) is 61.5 Å². The van der Waals surface area contributed by atoms with E-state index in [4.69, 9.17) is 9.47 Å². The summed E-state index contributed by atoms with van der Waals surface area (Å²) >= 11 is 0. The zero-order valence-corrected chi connectivity index (χ0v) is 27.0. The molecule has 0 aliphatic carbocycles. The van der Waals surface area contributed by atoms with E-state index in [-0.39, 0.29) is 42.4 Å². The van der Waals surface area contributed by atoms with E-state index in [1.165, 1.54) is 0 Å². The molecule has 2 unspecified atom stereocenters. The molecule has 0 radical (unpaired) electrons. The van der Waals surface area contributed by atoms with Crippen molar-refractivity contribution in [1.82, 2.24) is 19.8 Å². The first-order valence-electron chi connectivity index (χ1n) is 16.0. The predicted octanol–water partition coefficient (Wildman–Crippen LogP) is 5.44. The molecule has 4 heterocycles. The molecule has 2 bridgehead atoms. The van der Waals surface area contributed by atoms with Gasteiger partial charge in [-0.1, -0.05) is 6.92 Å². The Balaban J connectivity index is 1.25. The van der Waals surface area contributed by atoms with E-state index in [1.54, 1.807) is 4.90 Å². The molecule has 252 valence electrons. The molecule has 2 N–H and O–H groups in total. The van der Waals surface area contributed by atoms with E-state index >= 15 is 0 Å². The quantitative estimate of drug-likeness (QED) is 0.344. The number of anilines is 4. The SMILES string of the molecule is CCc1cc(N2CC3CCC(C2)N3C(=O)OC(C)(C)C)ccc1Nc1ncc(C(F)(F)F)c(NCCCN2CCOCCC2=O)n1. The fourth-order valence-electron chi connectivity index (χ4n) is 6.25. The van der Waals surface area contributed by atoms with Crippen molar-refractivity contribution in [3.8, 4) is 0 Å². The first-order valence-corrected chi connectivity index (χ1v) is 16.0. The number of alkyl halides is 3. The van der Waals surface area contributed by atoms with Gasteiger partial charge in [-0.3, -0.25) is 9.69 Å². The van der Waals surface area contributed by atoms with Crippen molar-refractivity contribution in [2.24, 2.45) is 0 Å². The molecule has 2 atom stereocenters. The maximum absolute atomic E-state index is 13.8. The number of rotatable bonds is 9. The Bertz CT molecular complexity index is 1390. The van der Waals surface area contributed by atoms with Crippen molar-refractivity contribution < 1.29 is 32.2 Å². The van der Waals surface area contributed by atoms with Crippen LogP contribution in [-0.2, 0) is 26.9 Å². The van der Waals surface area contributed by atoms with E-state index in [1.807, 2.05) is 44.7 Å². The fraction of sp³-hybridized carbons (Fsp3) is 0.625. The molecule has 0 spiro atoms. The first-order chi connectivity index (χ1) is 21.8. The number of nitrogens with zero attached hydrogens (tertiary/aromatic N) is 5. The average molecular weight is 648 g/mol. The number of aromatic nitrogens is 2. The van der Waals surface area contributed by atoms with Gasteiger partial charge in [-0.05, 0) is 70.2 Å². The maximum Gasteiger partial charge on any atom is 0.421 e. The molecule has 3 saturated heterocycles. The van der Waals surface area contributed by atoms with Gasteiger partial charge in [0.2, 0.25) is 11.9 Å². The number of hydrogen-bond donors (Lipinski definition) is 2. The van der Waals surface area contributed by atoms with Crippen LogP contribution in [0.25, 0.3) is 0 Å². The van der Waals surface area contributed by atoms with Gasteiger partial charge in [-0.15, -0.1) is 0 Å². The number of halogens is 3. The van der Waals surface area contributed by atoms with Crippen LogP contribution in [0, 0.1) is 0 Å². The van der Waals surface area contributed by atoms with Crippen LogP contribution in [0.5, 0.6) is 0 Å². The molecule has 2 amide bonds. The van der Waals surface area contributed by atoms with Gasteiger partial charge in [0.15, 0.2) is 0 Å². The number of hydrogen-bond acceptors (Lipinski definition) is 9. The van der Waals surface area contributed by atoms with Gasteiger partial charge in [0, 0.05) is 50.3 Å². The zero-order chi connectivity index (χ0) is 33.1. The first kappa shape index (κ1) is 33.6. The van der Waals surface area contributed by atoms with Crippen LogP contribution in [0.3, 0.4) is 0 Å². The number of carbonyl (C=O) groups excluding carboxylic acids is 2. The summed E-state index contributed by atoms with van der Waals surface area (Å²) in [5.41, 5.74) is 1.18. The smallest absolute Gasteiger partial charge is 0.421 e. The summed E-state index contributed by atoms with van der Waals surface area (Å²) in [4.78, 5) is 39.1. The zero-order valence-electron chi connectivity index (χ0n) is 27.0. The van der Waals surface area contributed by atoms with Gasteiger partial charge in [-0.2, -0.15) is 18.2 Å². The predicted molar refractivity (Wildman–Crippen MR) is 168 cm³/mol. The Morgan fingerprint density at radius 2 is 1.87 bits per heavy atom. The van der Waals surface area contributed by atoms with E-state index in [0.717, 1.165) is 30.3 Å². The third-order valence-electron chi connectivity index (χ3n) is 8.48. The van der Waals surface area contributed by atoms with Crippen LogP contribution in [-0.4, -0.2) is 95.4 Å².